The molecule has 0 aromatic heterocycles. The topological polar surface area (TPSA) is 36.0 Å². The molecule has 0 N–H and O–H groups in total. The zero-order chi connectivity index (χ0) is 16.1. The number of benzene rings is 1. The van der Waals surface area contributed by atoms with Gasteiger partial charge in [-0.25, -0.2) is 4.79 Å². The van der Waals surface area contributed by atoms with Gasteiger partial charge in [0.1, 0.15) is 6.61 Å². The van der Waals surface area contributed by atoms with E-state index in [4.69, 9.17) is 4.74 Å². The van der Waals surface area contributed by atoms with E-state index >= 15 is 0 Å². The highest BCUT2D eigenvalue weighted by Gasteiger charge is 2.32. The Balaban J connectivity index is 1.57. The predicted octanol–water partition coefficient (Wildman–Crippen LogP) is 2.04. The maximum atomic E-state index is 12.5. The van der Waals surface area contributed by atoms with Crippen LogP contribution in [0, 0.1) is 0 Å². The van der Waals surface area contributed by atoms with Crippen LogP contribution in [-0.4, -0.2) is 73.2 Å². The van der Waals surface area contributed by atoms with Crippen molar-refractivity contribution in [1.82, 2.24) is 14.7 Å². The van der Waals surface area contributed by atoms with Crippen molar-refractivity contribution >= 4 is 6.09 Å². The summed E-state index contributed by atoms with van der Waals surface area (Å²) in [5, 5.41) is 0. The molecule has 2 saturated heterocycles. The molecule has 3 rings (SSSR count). The van der Waals surface area contributed by atoms with Crippen molar-refractivity contribution in [2.75, 3.05) is 46.3 Å². The highest BCUT2D eigenvalue weighted by atomic mass is 16.6. The number of amides is 1. The molecule has 0 spiro atoms. The van der Waals surface area contributed by atoms with Crippen molar-refractivity contribution < 1.29 is 9.53 Å². The van der Waals surface area contributed by atoms with Gasteiger partial charge in [-0.05, 0) is 38.5 Å². The molecule has 2 fully saturated rings. The number of ether oxygens (including phenoxy) is 1. The number of hydrogen-bond acceptors (Lipinski definition) is 4. The molecule has 5 nitrogen and oxygen atoms in total. The van der Waals surface area contributed by atoms with Crippen LogP contribution in [0.5, 0.6) is 0 Å². The van der Waals surface area contributed by atoms with E-state index in [0.29, 0.717) is 6.61 Å². The van der Waals surface area contributed by atoms with Gasteiger partial charge in [0, 0.05) is 26.2 Å². The smallest absolute Gasteiger partial charge is 0.410 e. The standard InChI is InChI=1S/C18H27N3O2/c1-19-11-12-21(17(13-19)14-20-9-5-6-10-20)18(22)23-15-16-7-3-2-4-8-16/h2-4,7-8,17H,5-6,9-15H2,1H3/t17-/m0/s1. The number of hydrogen-bond donors (Lipinski definition) is 0. The van der Waals surface area contributed by atoms with Gasteiger partial charge in [0.2, 0.25) is 0 Å². The van der Waals surface area contributed by atoms with Crippen LogP contribution in [0.1, 0.15) is 18.4 Å². The first-order chi connectivity index (χ1) is 11.2. The normalized spacial score (nSPS) is 23.2. The fraction of sp³-hybridized carbons (Fsp3) is 0.611. The summed E-state index contributed by atoms with van der Waals surface area (Å²) in [4.78, 5) is 19.2. The third kappa shape index (κ3) is 4.45. The summed E-state index contributed by atoms with van der Waals surface area (Å²) in [6.07, 6.45) is 2.38. The maximum Gasteiger partial charge on any atom is 0.410 e. The van der Waals surface area contributed by atoms with Crippen LogP contribution in [0.15, 0.2) is 30.3 Å². The highest BCUT2D eigenvalue weighted by Crippen LogP contribution is 2.16. The van der Waals surface area contributed by atoms with Crippen LogP contribution < -0.4 is 0 Å². The van der Waals surface area contributed by atoms with E-state index in [1.165, 1.54) is 12.8 Å². The van der Waals surface area contributed by atoms with Crippen LogP contribution in [-0.2, 0) is 11.3 Å². The van der Waals surface area contributed by atoms with Crippen molar-refractivity contribution in [3.8, 4) is 0 Å². The molecule has 1 atom stereocenters. The SMILES string of the molecule is CN1CCN(C(=O)OCc2ccccc2)[C@H](CN2CCCC2)C1. The second-order valence-corrected chi connectivity index (χ2v) is 6.66. The third-order valence-corrected chi connectivity index (χ3v) is 4.79. The van der Waals surface area contributed by atoms with E-state index < -0.39 is 0 Å². The molecule has 2 heterocycles. The van der Waals surface area contributed by atoms with Crippen LogP contribution in [0.2, 0.25) is 0 Å². The number of nitrogens with zero attached hydrogens (tertiary/aromatic N) is 3. The average Bonchev–Trinajstić information content (AvgIpc) is 3.07. The van der Waals surface area contributed by atoms with Crippen LogP contribution in [0.4, 0.5) is 4.79 Å². The summed E-state index contributed by atoms with van der Waals surface area (Å²) in [6.45, 7) is 6.23. The summed E-state index contributed by atoms with van der Waals surface area (Å²) in [7, 11) is 2.13. The van der Waals surface area contributed by atoms with E-state index in [-0.39, 0.29) is 12.1 Å². The molecule has 5 heteroatoms. The molecule has 23 heavy (non-hydrogen) atoms. The molecule has 0 aliphatic carbocycles. The van der Waals surface area contributed by atoms with Crippen molar-refractivity contribution in [3.05, 3.63) is 35.9 Å². The van der Waals surface area contributed by atoms with Gasteiger partial charge in [-0.15, -0.1) is 0 Å². The molecule has 2 aliphatic heterocycles. The molecule has 1 aromatic rings. The highest BCUT2D eigenvalue weighted by molar-refractivity contribution is 5.68. The van der Waals surface area contributed by atoms with E-state index in [2.05, 4.69) is 16.8 Å². The van der Waals surface area contributed by atoms with Gasteiger partial charge in [0.05, 0.1) is 6.04 Å². The van der Waals surface area contributed by atoms with Crippen LogP contribution in [0.25, 0.3) is 0 Å². The Morgan fingerprint density at radius 1 is 1.13 bits per heavy atom. The summed E-state index contributed by atoms with van der Waals surface area (Å²) in [5.41, 5.74) is 1.03. The molecule has 126 valence electrons. The molecule has 0 bridgehead atoms. The Bertz CT molecular complexity index is 502. The third-order valence-electron chi connectivity index (χ3n) is 4.79. The zero-order valence-corrected chi connectivity index (χ0v) is 14.0. The molecular formula is C18H27N3O2. The predicted molar refractivity (Wildman–Crippen MR) is 90.3 cm³/mol. The van der Waals surface area contributed by atoms with Gasteiger partial charge in [0.15, 0.2) is 0 Å². The first-order valence-corrected chi connectivity index (χ1v) is 8.60. The van der Waals surface area contributed by atoms with Crippen molar-refractivity contribution in [3.63, 3.8) is 0 Å². The Kier molecular flexibility index (Phi) is 5.51. The van der Waals surface area contributed by atoms with Gasteiger partial charge in [-0.1, -0.05) is 30.3 Å². The summed E-state index contributed by atoms with van der Waals surface area (Å²) >= 11 is 0. The zero-order valence-electron chi connectivity index (χ0n) is 14.0. The second-order valence-electron chi connectivity index (χ2n) is 6.66. The second kappa shape index (κ2) is 7.79. The summed E-state index contributed by atoms with van der Waals surface area (Å²) < 4.78 is 5.55. The molecule has 0 radical (unpaired) electrons. The van der Waals surface area contributed by atoms with Gasteiger partial charge >= 0.3 is 6.09 Å². The molecule has 0 saturated carbocycles. The lowest BCUT2D eigenvalue weighted by Crippen LogP contribution is -2.57. The van der Waals surface area contributed by atoms with Crippen molar-refractivity contribution in [2.45, 2.75) is 25.5 Å². The average molecular weight is 317 g/mol. The van der Waals surface area contributed by atoms with Crippen LogP contribution >= 0.6 is 0 Å². The Morgan fingerprint density at radius 3 is 2.61 bits per heavy atom. The number of carbonyl (C=O) groups excluding carboxylic acids is 1. The molecule has 1 aromatic carbocycles. The van der Waals surface area contributed by atoms with Crippen molar-refractivity contribution in [1.29, 1.82) is 0 Å². The van der Waals surface area contributed by atoms with E-state index in [1.54, 1.807) is 0 Å². The Hall–Kier alpha value is -1.59. The minimum Gasteiger partial charge on any atom is -0.445 e. The largest absolute Gasteiger partial charge is 0.445 e. The maximum absolute atomic E-state index is 12.5. The number of rotatable bonds is 4. The van der Waals surface area contributed by atoms with E-state index in [0.717, 1.165) is 44.8 Å². The quantitative estimate of drug-likeness (QED) is 0.851. The van der Waals surface area contributed by atoms with Gasteiger partial charge in [0.25, 0.3) is 0 Å². The monoisotopic (exact) mass is 317 g/mol. The number of piperazine rings is 1. The first-order valence-electron chi connectivity index (χ1n) is 8.60. The fourth-order valence-corrected chi connectivity index (χ4v) is 3.47. The minimum atomic E-state index is -0.175. The summed E-state index contributed by atoms with van der Waals surface area (Å²) in [6, 6.07) is 10.1. The van der Waals surface area contributed by atoms with Crippen molar-refractivity contribution in [2.24, 2.45) is 0 Å². The minimum absolute atomic E-state index is 0.175. The van der Waals surface area contributed by atoms with Gasteiger partial charge in [-0.3, -0.25) is 0 Å². The fourth-order valence-electron chi connectivity index (χ4n) is 3.47. The lowest BCUT2D eigenvalue weighted by molar-refractivity contribution is 0.0395. The van der Waals surface area contributed by atoms with Crippen LogP contribution in [0.3, 0.4) is 0 Å². The Labute approximate surface area is 138 Å². The van der Waals surface area contributed by atoms with Gasteiger partial charge < -0.3 is 19.4 Å². The first kappa shape index (κ1) is 16.3. The lowest BCUT2D eigenvalue weighted by atomic mass is 10.1. The van der Waals surface area contributed by atoms with Gasteiger partial charge in [-0.2, -0.15) is 0 Å². The molecular weight excluding hydrogens is 290 g/mol. The number of likely N-dealkylation sites (N-methyl/N-ethyl adjacent to an activating group) is 1. The lowest BCUT2D eigenvalue weighted by Gasteiger charge is -2.40. The van der Waals surface area contributed by atoms with E-state index in [1.807, 2.05) is 35.2 Å². The molecule has 0 unspecified atom stereocenters. The Morgan fingerprint density at radius 2 is 1.87 bits per heavy atom. The molecule has 2 aliphatic rings. The molecule has 1 amide bonds. The van der Waals surface area contributed by atoms with E-state index in [9.17, 15) is 4.79 Å². The number of carbonyl (C=O) groups is 1. The summed E-state index contributed by atoms with van der Waals surface area (Å²) in [5.74, 6) is 0. The number of likely N-dealkylation sites (tertiary alicyclic amines) is 1.